The van der Waals surface area contributed by atoms with Crippen molar-refractivity contribution < 1.29 is 22.5 Å². The average Bonchev–Trinajstić information content (AvgIpc) is 3.26. The number of benzene rings is 3. The van der Waals surface area contributed by atoms with E-state index >= 15 is 0 Å². The van der Waals surface area contributed by atoms with Crippen LogP contribution in [0.3, 0.4) is 0 Å². The van der Waals surface area contributed by atoms with E-state index in [9.17, 15) is 18.0 Å². The molecule has 0 bridgehead atoms. The summed E-state index contributed by atoms with van der Waals surface area (Å²) in [6, 6.07) is 19.7. The Bertz CT molecular complexity index is 1260. The molecule has 0 aliphatic carbocycles. The van der Waals surface area contributed by atoms with Crippen LogP contribution < -0.4 is 5.32 Å². The Kier molecular flexibility index (Phi) is 6.51. The van der Waals surface area contributed by atoms with Gasteiger partial charge in [-0.15, -0.1) is 0 Å². The molecule has 1 aromatic heterocycles. The van der Waals surface area contributed by atoms with Gasteiger partial charge >= 0.3 is 6.18 Å². The van der Waals surface area contributed by atoms with Crippen molar-refractivity contribution in [2.75, 3.05) is 0 Å². The molecule has 1 amide bonds. The Morgan fingerprint density at radius 3 is 2.45 bits per heavy atom. The first-order valence-electron chi connectivity index (χ1n) is 10.0. The maximum absolute atomic E-state index is 13.8. The highest BCUT2D eigenvalue weighted by Crippen LogP contribution is 2.37. The van der Waals surface area contributed by atoms with E-state index in [1.165, 1.54) is 30.5 Å². The zero-order valence-electron chi connectivity index (χ0n) is 17.1. The van der Waals surface area contributed by atoms with Gasteiger partial charge in [-0.3, -0.25) is 4.79 Å². The van der Waals surface area contributed by atoms with Crippen molar-refractivity contribution >= 4 is 17.5 Å². The Balaban J connectivity index is 1.71. The highest BCUT2D eigenvalue weighted by Gasteiger charge is 2.36. The van der Waals surface area contributed by atoms with Crippen molar-refractivity contribution in [3.63, 3.8) is 0 Å². The molecule has 3 aromatic carbocycles. The fourth-order valence-corrected chi connectivity index (χ4v) is 3.80. The van der Waals surface area contributed by atoms with E-state index in [0.717, 1.165) is 11.6 Å². The fourth-order valence-electron chi connectivity index (χ4n) is 3.60. The molecule has 168 valence electrons. The van der Waals surface area contributed by atoms with E-state index < -0.39 is 23.7 Å². The molecule has 0 radical (unpaired) electrons. The van der Waals surface area contributed by atoms with Crippen LogP contribution in [-0.4, -0.2) is 11.1 Å². The number of amides is 1. The molecule has 8 heteroatoms. The second-order valence-corrected chi connectivity index (χ2v) is 7.81. The van der Waals surface area contributed by atoms with Gasteiger partial charge in [0, 0.05) is 11.4 Å². The van der Waals surface area contributed by atoms with Crippen LogP contribution in [0.5, 0.6) is 0 Å². The predicted octanol–water partition coefficient (Wildman–Crippen LogP) is 6.46. The second-order valence-electron chi connectivity index (χ2n) is 7.37. The number of alkyl halides is 3. The number of rotatable bonds is 6. The van der Waals surface area contributed by atoms with E-state index in [2.05, 4.69) is 10.5 Å². The minimum atomic E-state index is -4.60. The van der Waals surface area contributed by atoms with Crippen molar-refractivity contribution in [3.8, 4) is 0 Å². The maximum Gasteiger partial charge on any atom is 0.416 e. The van der Waals surface area contributed by atoms with Crippen LogP contribution in [0.15, 0.2) is 89.6 Å². The van der Waals surface area contributed by atoms with Gasteiger partial charge in [0.15, 0.2) is 5.76 Å². The lowest BCUT2D eigenvalue weighted by molar-refractivity contribution is -0.138. The van der Waals surface area contributed by atoms with Gasteiger partial charge in [-0.2, -0.15) is 13.2 Å². The van der Waals surface area contributed by atoms with E-state index in [1.807, 2.05) is 30.3 Å². The molecule has 4 nitrogen and oxygen atoms in total. The van der Waals surface area contributed by atoms with Crippen LogP contribution in [0.4, 0.5) is 13.2 Å². The number of nitrogens with one attached hydrogen (secondary N) is 1. The number of nitrogens with zero attached hydrogens (tertiary/aromatic N) is 1. The van der Waals surface area contributed by atoms with Crippen molar-refractivity contribution in [2.24, 2.45) is 0 Å². The molecule has 0 saturated carbocycles. The Labute approximate surface area is 193 Å². The summed E-state index contributed by atoms with van der Waals surface area (Å²) in [5, 5.41) is 6.79. The Morgan fingerprint density at radius 2 is 1.73 bits per heavy atom. The van der Waals surface area contributed by atoms with Crippen LogP contribution in [0, 0.1) is 0 Å². The molecule has 0 spiro atoms. The molecule has 1 unspecified atom stereocenters. The molecular formula is C25H18ClF3N2O2. The summed E-state index contributed by atoms with van der Waals surface area (Å²) in [6.07, 6.45) is -3.03. The summed E-state index contributed by atoms with van der Waals surface area (Å²) < 4.78 is 46.5. The van der Waals surface area contributed by atoms with Gasteiger partial charge in [-0.05, 0) is 34.9 Å². The molecule has 0 saturated heterocycles. The lowest BCUT2D eigenvalue weighted by Gasteiger charge is -2.23. The summed E-state index contributed by atoms with van der Waals surface area (Å²) >= 11 is 6.10. The molecule has 4 aromatic rings. The standard InChI is InChI=1S/C25H18ClF3N2O2/c26-18-10-6-9-17(14-18)23(19-11-4-5-12-21(19)25(27,28)29)31-24(32)20-15-30-33-22(20)13-16-7-2-1-3-8-16/h1-12,14-15,23H,13H2,(H,31,32). The highest BCUT2D eigenvalue weighted by atomic mass is 35.5. The molecule has 0 fully saturated rings. The number of hydrogen-bond donors (Lipinski definition) is 1. The molecule has 4 rings (SSSR count). The topological polar surface area (TPSA) is 55.1 Å². The lowest BCUT2D eigenvalue weighted by atomic mass is 9.93. The summed E-state index contributed by atoms with van der Waals surface area (Å²) in [7, 11) is 0. The molecule has 1 heterocycles. The molecule has 0 aliphatic heterocycles. The smallest absolute Gasteiger partial charge is 0.360 e. The molecular weight excluding hydrogens is 453 g/mol. The zero-order chi connectivity index (χ0) is 23.4. The van der Waals surface area contributed by atoms with Crippen molar-refractivity contribution in [1.29, 1.82) is 0 Å². The highest BCUT2D eigenvalue weighted by molar-refractivity contribution is 6.30. The summed E-state index contributed by atoms with van der Waals surface area (Å²) in [6.45, 7) is 0. The van der Waals surface area contributed by atoms with E-state index in [-0.39, 0.29) is 11.1 Å². The van der Waals surface area contributed by atoms with Crippen molar-refractivity contribution in [2.45, 2.75) is 18.6 Å². The van der Waals surface area contributed by atoms with Crippen LogP contribution in [0.25, 0.3) is 0 Å². The van der Waals surface area contributed by atoms with E-state index in [4.69, 9.17) is 16.1 Å². The van der Waals surface area contributed by atoms with Crippen LogP contribution in [-0.2, 0) is 12.6 Å². The quantitative estimate of drug-likeness (QED) is 0.352. The molecule has 33 heavy (non-hydrogen) atoms. The van der Waals surface area contributed by atoms with E-state index in [0.29, 0.717) is 22.8 Å². The van der Waals surface area contributed by atoms with Crippen LogP contribution in [0.1, 0.15) is 44.4 Å². The van der Waals surface area contributed by atoms with Crippen LogP contribution in [0.2, 0.25) is 5.02 Å². The van der Waals surface area contributed by atoms with Gasteiger partial charge in [-0.25, -0.2) is 0 Å². The average molecular weight is 471 g/mol. The first kappa shape index (κ1) is 22.6. The third-order valence-corrected chi connectivity index (χ3v) is 5.37. The maximum atomic E-state index is 13.8. The number of carbonyl (C=O) groups excluding carboxylic acids is 1. The van der Waals surface area contributed by atoms with Gasteiger partial charge in [-0.1, -0.05) is 77.4 Å². The number of aromatic nitrogens is 1. The summed E-state index contributed by atoms with van der Waals surface area (Å²) in [5.41, 5.74) is 0.521. The second kappa shape index (κ2) is 9.50. The normalized spacial score (nSPS) is 12.4. The number of halogens is 4. The zero-order valence-corrected chi connectivity index (χ0v) is 17.9. The minimum absolute atomic E-state index is 0.0957. The van der Waals surface area contributed by atoms with Gasteiger partial charge in [0.1, 0.15) is 5.56 Å². The monoisotopic (exact) mass is 470 g/mol. The fraction of sp³-hybridized carbons (Fsp3) is 0.120. The predicted molar refractivity (Wildman–Crippen MR) is 118 cm³/mol. The van der Waals surface area contributed by atoms with Crippen LogP contribution >= 0.6 is 11.6 Å². The SMILES string of the molecule is O=C(NC(c1cccc(Cl)c1)c1ccccc1C(F)(F)F)c1cnoc1Cc1ccccc1. The third-order valence-electron chi connectivity index (χ3n) is 5.13. The minimum Gasteiger partial charge on any atom is -0.360 e. The molecule has 0 aliphatic rings. The van der Waals surface area contributed by atoms with Gasteiger partial charge in [0.25, 0.3) is 5.91 Å². The largest absolute Gasteiger partial charge is 0.416 e. The Hall–Kier alpha value is -3.58. The summed E-state index contributed by atoms with van der Waals surface area (Å²) in [5.74, 6) is -0.295. The first-order chi connectivity index (χ1) is 15.8. The van der Waals surface area contributed by atoms with Crippen molar-refractivity contribution in [1.82, 2.24) is 10.5 Å². The van der Waals surface area contributed by atoms with Gasteiger partial charge < -0.3 is 9.84 Å². The molecule has 1 atom stereocenters. The lowest BCUT2D eigenvalue weighted by Crippen LogP contribution is -2.31. The summed E-state index contributed by atoms with van der Waals surface area (Å²) in [4.78, 5) is 13.2. The molecule has 1 N–H and O–H groups in total. The Morgan fingerprint density at radius 1 is 1.00 bits per heavy atom. The van der Waals surface area contributed by atoms with Crippen molar-refractivity contribution in [3.05, 3.63) is 124 Å². The first-order valence-corrected chi connectivity index (χ1v) is 10.4. The van der Waals surface area contributed by atoms with E-state index in [1.54, 1.807) is 18.2 Å². The van der Waals surface area contributed by atoms with Gasteiger partial charge in [0.2, 0.25) is 0 Å². The number of carbonyl (C=O) groups is 1. The third kappa shape index (κ3) is 5.26. The van der Waals surface area contributed by atoms with Gasteiger partial charge in [0.05, 0.1) is 17.8 Å². The number of hydrogen-bond acceptors (Lipinski definition) is 3.